The number of amides is 2. The van der Waals surface area contributed by atoms with Crippen molar-refractivity contribution in [3.05, 3.63) is 65.5 Å². The van der Waals surface area contributed by atoms with Crippen molar-refractivity contribution in [3.8, 4) is 0 Å². The highest BCUT2D eigenvalue weighted by atomic mass is 16.5. The Morgan fingerprint density at radius 2 is 1.69 bits per heavy atom. The number of hydrogen-bond acceptors (Lipinski definition) is 6. The Kier molecular flexibility index (Phi) is 4.88. The number of ether oxygens (including phenoxy) is 1. The highest BCUT2D eigenvalue weighted by Gasteiger charge is 2.45. The molecule has 4 rings (SSSR count). The third-order valence-electron chi connectivity index (χ3n) is 5.20. The molecule has 2 amide bonds. The number of carbonyl (C=O) groups is 3. The zero-order valence-corrected chi connectivity index (χ0v) is 16.1. The summed E-state index contributed by atoms with van der Waals surface area (Å²) in [5.41, 5.74) is 1.87. The summed E-state index contributed by atoms with van der Waals surface area (Å²) in [5.74, 6) is -1.63. The van der Waals surface area contributed by atoms with Gasteiger partial charge in [-0.3, -0.25) is 14.5 Å². The van der Waals surface area contributed by atoms with E-state index in [0.717, 1.165) is 4.90 Å². The molecule has 7 heteroatoms. The van der Waals surface area contributed by atoms with Crippen molar-refractivity contribution in [3.63, 3.8) is 0 Å². The number of nitrogens with zero attached hydrogens (tertiary/aromatic N) is 2. The normalized spacial score (nSPS) is 15.4. The predicted molar refractivity (Wildman–Crippen MR) is 104 cm³/mol. The first-order chi connectivity index (χ1) is 14.0. The molecule has 1 aliphatic rings. The maximum Gasteiger partial charge on any atom is 0.330 e. The van der Waals surface area contributed by atoms with Crippen LogP contribution in [0.5, 0.6) is 0 Å². The predicted octanol–water partition coefficient (Wildman–Crippen LogP) is 3.58. The van der Waals surface area contributed by atoms with E-state index < -0.39 is 23.8 Å². The molecule has 1 aliphatic heterocycles. The summed E-state index contributed by atoms with van der Waals surface area (Å²) in [6.45, 7) is 3.53. The monoisotopic (exact) mass is 392 g/mol. The van der Waals surface area contributed by atoms with E-state index in [-0.39, 0.29) is 18.4 Å². The van der Waals surface area contributed by atoms with E-state index in [1.54, 1.807) is 36.4 Å². The number of aromatic nitrogens is 1. The molecule has 3 aromatic rings. The summed E-state index contributed by atoms with van der Waals surface area (Å²) in [5, 5.41) is 0. The molecule has 2 heterocycles. The van der Waals surface area contributed by atoms with Crippen LogP contribution in [0.1, 0.15) is 46.9 Å². The topological polar surface area (TPSA) is 89.7 Å². The first-order valence-corrected chi connectivity index (χ1v) is 9.49. The van der Waals surface area contributed by atoms with E-state index in [9.17, 15) is 14.4 Å². The summed E-state index contributed by atoms with van der Waals surface area (Å²) >= 11 is 0. The van der Waals surface area contributed by atoms with Gasteiger partial charge >= 0.3 is 5.97 Å². The Morgan fingerprint density at radius 1 is 1.07 bits per heavy atom. The van der Waals surface area contributed by atoms with Gasteiger partial charge in [-0.2, -0.15) is 0 Å². The molecule has 2 atom stereocenters. The first kappa shape index (κ1) is 18.9. The van der Waals surface area contributed by atoms with Crippen LogP contribution in [0.15, 0.2) is 52.9 Å². The highest BCUT2D eigenvalue weighted by Crippen LogP contribution is 2.29. The smallest absolute Gasteiger partial charge is 0.330 e. The van der Waals surface area contributed by atoms with Crippen molar-refractivity contribution in [2.45, 2.75) is 32.9 Å². The van der Waals surface area contributed by atoms with Crippen molar-refractivity contribution in [1.29, 1.82) is 0 Å². The van der Waals surface area contributed by atoms with E-state index >= 15 is 0 Å². The maximum atomic E-state index is 12.9. The quantitative estimate of drug-likeness (QED) is 0.470. The fourth-order valence-electron chi connectivity index (χ4n) is 3.48. The molecule has 29 heavy (non-hydrogen) atoms. The standard InChI is InChI=1S/C22H20N2O5/c1-3-13(2)19(24-20(25)14-8-4-5-9-15(14)21(24)26)22(27)28-12-18-23-16-10-6-7-11-17(16)29-18/h4-11,13,19H,3,12H2,1-2H3/t13-,19-/m0/s1. The molecule has 0 unspecified atom stereocenters. The molecule has 7 nitrogen and oxygen atoms in total. The lowest BCUT2D eigenvalue weighted by Gasteiger charge is -2.28. The fraction of sp³-hybridized carbons (Fsp3) is 0.273. The Hall–Kier alpha value is -3.48. The van der Waals surface area contributed by atoms with Gasteiger partial charge in [0.05, 0.1) is 11.1 Å². The summed E-state index contributed by atoms with van der Waals surface area (Å²) in [7, 11) is 0. The minimum absolute atomic E-state index is 0.177. The van der Waals surface area contributed by atoms with Gasteiger partial charge in [0.2, 0.25) is 5.89 Å². The molecule has 0 N–H and O–H groups in total. The molecular weight excluding hydrogens is 372 g/mol. The van der Waals surface area contributed by atoms with Crippen LogP contribution in [-0.4, -0.2) is 33.7 Å². The van der Waals surface area contributed by atoms with Crippen LogP contribution < -0.4 is 0 Å². The molecule has 0 spiro atoms. The number of oxazole rings is 1. The lowest BCUT2D eigenvalue weighted by Crippen LogP contribution is -2.49. The van der Waals surface area contributed by atoms with Gasteiger partial charge in [-0.1, -0.05) is 44.5 Å². The highest BCUT2D eigenvalue weighted by molar-refractivity contribution is 6.22. The lowest BCUT2D eigenvalue weighted by atomic mass is 9.97. The van der Waals surface area contributed by atoms with Crippen molar-refractivity contribution in [1.82, 2.24) is 9.88 Å². The van der Waals surface area contributed by atoms with Crippen LogP contribution in [0.2, 0.25) is 0 Å². The summed E-state index contributed by atoms with van der Waals surface area (Å²) in [4.78, 5) is 43.9. The average Bonchev–Trinajstić information content (AvgIpc) is 3.27. The van der Waals surface area contributed by atoms with Crippen molar-refractivity contribution >= 4 is 28.9 Å². The van der Waals surface area contributed by atoms with Gasteiger partial charge in [-0.25, -0.2) is 9.78 Å². The number of para-hydroxylation sites is 2. The van der Waals surface area contributed by atoms with Crippen LogP contribution in [0, 0.1) is 5.92 Å². The minimum Gasteiger partial charge on any atom is -0.454 e. The maximum absolute atomic E-state index is 12.9. The number of carbonyl (C=O) groups excluding carboxylic acids is 3. The largest absolute Gasteiger partial charge is 0.454 e. The third-order valence-corrected chi connectivity index (χ3v) is 5.20. The molecular formula is C22H20N2O5. The van der Waals surface area contributed by atoms with Crippen LogP contribution in [0.4, 0.5) is 0 Å². The van der Waals surface area contributed by atoms with Gasteiger partial charge in [0.25, 0.3) is 11.8 Å². The van der Waals surface area contributed by atoms with Crippen molar-refractivity contribution in [2.24, 2.45) is 5.92 Å². The van der Waals surface area contributed by atoms with E-state index in [1.165, 1.54) is 0 Å². The molecule has 0 aliphatic carbocycles. The molecule has 1 aromatic heterocycles. The van der Waals surface area contributed by atoms with Gasteiger partial charge in [0, 0.05) is 0 Å². The Balaban J connectivity index is 1.56. The number of imide groups is 1. The van der Waals surface area contributed by atoms with Gasteiger partial charge < -0.3 is 9.15 Å². The first-order valence-electron chi connectivity index (χ1n) is 9.49. The second-order valence-corrected chi connectivity index (χ2v) is 7.04. The molecule has 0 saturated heterocycles. The Labute approximate surface area is 167 Å². The SMILES string of the molecule is CC[C@H](C)[C@@H](C(=O)OCc1nc2ccccc2o1)N1C(=O)c2ccccc2C1=O. The van der Waals surface area contributed by atoms with E-state index in [2.05, 4.69) is 4.98 Å². The number of fused-ring (bicyclic) bond motifs is 2. The van der Waals surface area contributed by atoms with Gasteiger partial charge in [-0.05, 0) is 30.2 Å². The molecule has 0 bridgehead atoms. The zero-order valence-electron chi connectivity index (χ0n) is 16.1. The third kappa shape index (κ3) is 3.29. The number of rotatable bonds is 6. The molecule has 0 fully saturated rings. The molecule has 2 aromatic carbocycles. The van der Waals surface area contributed by atoms with E-state index in [4.69, 9.17) is 9.15 Å². The molecule has 0 saturated carbocycles. The Morgan fingerprint density at radius 3 is 2.31 bits per heavy atom. The number of esters is 1. The van der Waals surface area contributed by atoms with Gasteiger partial charge in [0.15, 0.2) is 12.2 Å². The lowest BCUT2D eigenvalue weighted by molar-refractivity contribution is -0.152. The summed E-state index contributed by atoms with van der Waals surface area (Å²) in [6.07, 6.45) is 0.593. The minimum atomic E-state index is -1.02. The van der Waals surface area contributed by atoms with Gasteiger partial charge in [-0.15, -0.1) is 0 Å². The summed E-state index contributed by atoms with van der Waals surface area (Å²) < 4.78 is 11.0. The van der Waals surface area contributed by atoms with Crippen LogP contribution in [0.25, 0.3) is 11.1 Å². The zero-order chi connectivity index (χ0) is 20.5. The van der Waals surface area contributed by atoms with Crippen LogP contribution in [-0.2, 0) is 16.1 Å². The molecule has 0 radical (unpaired) electrons. The van der Waals surface area contributed by atoms with Crippen molar-refractivity contribution in [2.75, 3.05) is 0 Å². The average molecular weight is 392 g/mol. The van der Waals surface area contributed by atoms with Crippen molar-refractivity contribution < 1.29 is 23.5 Å². The fourth-order valence-corrected chi connectivity index (χ4v) is 3.48. The second kappa shape index (κ2) is 7.50. The van der Waals surface area contributed by atoms with E-state index in [1.807, 2.05) is 26.0 Å². The Bertz CT molecular complexity index is 1040. The summed E-state index contributed by atoms with van der Waals surface area (Å²) in [6, 6.07) is 12.8. The molecule has 148 valence electrons. The number of hydrogen-bond donors (Lipinski definition) is 0. The van der Waals surface area contributed by atoms with Gasteiger partial charge in [0.1, 0.15) is 11.6 Å². The number of benzene rings is 2. The van der Waals surface area contributed by atoms with Crippen LogP contribution in [0.3, 0.4) is 0 Å². The second-order valence-electron chi connectivity index (χ2n) is 7.04. The van der Waals surface area contributed by atoms with E-state index in [0.29, 0.717) is 28.6 Å². The van der Waals surface area contributed by atoms with Crippen LogP contribution >= 0.6 is 0 Å².